The Balaban J connectivity index is 1.45. The van der Waals surface area contributed by atoms with Gasteiger partial charge in [0.15, 0.2) is 0 Å². The smallest absolute Gasteiger partial charge is 0.0931 e. The molecule has 1 saturated heterocycles. The molecule has 2 aliphatic rings. The van der Waals surface area contributed by atoms with Gasteiger partial charge in [-0.15, -0.1) is 11.3 Å². The molecule has 2 heterocycles. The van der Waals surface area contributed by atoms with Crippen molar-refractivity contribution < 1.29 is 4.74 Å². The highest BCUT2D eigenvalue weighted by molar-refractivity contribution is 7.16. The summed E-state index contributed by atoms with van der Waals surface area (Å²) in [6.45, 7) is 1.99. The van der Waals surface area contributed by atoms with Gasteiger partial charge in [-0.05, 0) is 44.2 Å². The second-order valence-corrected chi connectivity index (χ2v) is 7.64. The maximum Gasteiger partial charge on any atom is 0.0931 e. The monoisotopic (exact) mass is 299 g/mol. The van der Waals surface area contributed by atoms with Crippen molar-refractivity contribution in [3.63, 3.8) is 0 Å². The molecule has 1 aliphatic carbocycles. The van der Waals surface area contributed by atoms with E-state index in [9.17, 15) is 0 Å². The quantitative estimate of drug-likeness (QED) is 0.906. The van der Waals surface area contributed by atoms with Crippen molar-refractivity contribution in [1.29, 1.82) is 0 Å². The molecule has 1 unspecified atom stereocenters. The van der Waals surface area contributed by atoms with E-state index in [1.54, 1.807) is 11.3 Å². The fourth-order valence-electron chi connectivity index (χ4n) is 3.46. The summed E-state index contributed by atoms with van der Waals surface area (Å²) < 4.78 is 6.96. The van der Waals surface area contributed by atoms with E-state index in [1.807, 2.05) is 6.07 Å². The van der Waals surface area contributed by atoms with Gasteiger partial charge in [0, 0.05) is 24.1 Å². The maximum absolute atomic E-state index is 6.07. The third-order valence-corrected chi connectivity index (χ3v) is 5.73. The van der Waals surface area contributed by atoms with Crippen LogP contribution < -0.4 is 5.32 Å². The molecule has 0 bridgehead atoms. The second kappa shape index (κ2) is 6.13. The van der Waals surface area contributed by atoms with Crippen LogP contribution in [0.15, 0.2) is 12.1 Å². The summed E-state index contributed by atoms with van der Waals surface area (Å²) in [4.78, 5) is 1.38. The molecule has 19 heavy (non-hydrogen) atoms. The molecule has 1 N–H and O–H groups in total. The summed E-state index contributed by atoms with van der Waals surface area (Å²) in [7, 11) is 0. The van der Waals surface area contributed by atoms with Crippen molar-refractivity contribution in [3.05, 3.63) is 21.3 Å². The van der Waals surface area contributed by atoms with Crippen molar-refractivity contribution in [2.45, 2.75) is 56.6 Å². The molecule has 2 fully saturated rings. The molecule has 0 radical (unpaired) electrons. The number of ether oxygens (including phenoxy) is 1. The Kier molecular flexibility index (Phi) is 4.47. The van der Waals surface area contributed by atoms with Crippen molar-refractivity contribution >= 4 is 22.9 Å². The van der Waals surface area contributed by atoms with E-state index in [0.717, 1.165) is 30.3 Å². The molecule has 1 aromatic heterocycles. The summed E-state index contributed by atoms with van der Waals surface area (Å²) in [6, 6.07) is 4.77. The highest BCUT2D eigenvalue weighted by Crippen LogP contribution is 2.39. The Labute approximate surface area is 124 Å². The minimum absolute atomic E-state index is 0.224. The molecule has 3 rings (SSSR count). The number of thiophene rings is 1. The van der Waals surface area contributed by atoms with E-state index in [2.05, 4.69) is 11.4 Å². The molecule has 2 nitrogen and oxygen atoms in total. The van der Waals surface area contributed by atoms with Gasteiger partial charge in [0.05, 0.1) is 9.94 Å². The van der Waals surface area contributed by atoms with Gasteiger partial charge in [-0.1, -0.05) is 24.4 Å². The van der Waals surface area contributed by atoms with E-state index in [-0.39, 0.29) is 5.60 Å². The number of halogens is 1. The third-order valence-electron chi connectivity index (χ3n) is 4.44. The van der Waals surface area contributed by atoms with Crippen LogP contribution in [0.4, 0.5) is 0 Å². The first-order valence-corrected chi connectivity index (χ1v) is 8.57. The topological polar surface area (TPSA) is 21.3 Å². The van der Waals surface area contributed by atoms with Crippen LogP contribution in [0, 0.1) is 0 Å². The van der Waals surface area contributed by atoms with Crippen molar-refractivity contribution in [2.24, 2.45) is 0 Å². The van der Waals surface area contributed by atoms with Gasteiger partial charge in [0.2, 0.25) is 0 Å². The number of rotatable bonds is 4. The SMILES string of the molecule is Clc1ccc(CCNC2CCOC3(CCCC3)C2)s1. The van der Waals surface area contributed by atoms with Gasteiger partial charge >= 0.3 is 0 Å². The standard InChI is InChI=1S/C15H22ClNOS/c16-14-4-3-13(19-14)5-9-17-12-6-10-18-15(11-12)7-1-2-8-15/h3-4,12,17H,1-2,5-11H2. The van der Waals surface area contributed by atoms with Gasteiger partial charge in [0.1, 0.15) is 0 Å². The van der Waals surface area contributed by atoms with Gasteiger partial charge in [-0.25, -0.2) is 0 Å². The molecule has 1 aromatic rings. The first kappa shape index (κ1) is 13.9. The Morgan fingerprint density at radius 3 is 2.95 bits per heavy atom. The van der Waals surface area contributed by atoms with Crippen LogP contribution in [-0.4, -0.2) is 24.8 Å². The Morgan fingerprint density at radius 2 is 2.21 bits per heavy atom. The predicted molar refractivity (Wildman–Crippen MR) is 81.2 cm³/mol. The average Bonchev–Trinajstić information content (AvgIpc) is 3.00. The zero-order valence-corrected chi connectivity index (χ0v) is 12.9. The van der Waals surface area contributed by atoms with E-state index in [1.165, 1.54) is 37.0 Å². The van der Waals surface area contributed by atoms with Crippen LogP contribution in [-0.2, 0) is 11.2 Å². The first-order chi connectivity index (χ1) is 9.26. The van der Waals surface area contributed by atoms with Gasteiger partial charge < -0.3 is 10.1 Å². The van der Waals surface area contributed by atoms with Crippen LogP contribution in [0.3, 0.4) is 0 Å². The lowest BCUT2D eigenvalue weighted by atomic mass is 9.89. The first-order valence-electron chi connectivity index (χ1n) is 7.37. The van der Waals surface area contributed by atoms with Crippen LogP contribution >= 0.6 is 22.9 Å². The van der Waals surface area contributed by atoms with Crippen molar-refractivity contribution in [3.8, 4) is 0 Å². The normalized spacial score (nSPS) is 26.1. The Morgan fingerprint density at radius 1 is 1.37 bits per heavy atom. The molecule has 1 spiro atoms. The maximum atomic E-state index is 6.07. The molecule has 1 atom stereocenters. The average molecular weight is 300 g/mol. The molecule has 0 aromatic carbocycles. The van der Waals surface area contributed by atoms with Crippen molar-refractivity contribution in [2.75, 3.05) is 13.2 Å². The van der Waals surface area contributed by atoms with Gasteiger partial charge in [0.25, 0.3) is 0 Å². The zero-order valence-electron chi connectivity index (χ0n) is 11.3. The summed E-state index contributed by atoms with van der Waals surface area (Å²) in [5.74, 6) is 0. The highest BCUT2D eigenvalue weighted by Gasteiger charge is 2.39. The molecule has 1 saturated carbocycles. The van der Waals surface area contributed by atoms with E-state index in [0.29, 0.717) is 6.04 Å². The minimum Gasteiger partial charge on any atom is -0.375 e. The Bertz CT molecular complexity index is 414. The van der Waals surface area contributed by atoms with Crippen LogP contribution in [0.25, 0.3) is 0 Å². The Hall–Kier alpha value is -0.0900. The molecular weight excluding hydrogens is 278 g/mol. The van der Waals surface area contributed by atoms with E-state index in [4.69, 9.17) is 16.3 Å². The van der Waals surface area contributed by atoms with Gasteiger partial charge in [-0.3, -0.25) is 0 Å². The number of hydrogen-bond acceptors (Lipinski definition) is 3. The van der Waals surface area contributed by atoms with Crippen LogP contribution in [0.5, 0.6) is 0 Å². The van der Waals surface area contributed by atoms with E-state index >= 15 is 0 Å². The second-order valence-electron chi connectivity index (χ2n) is 5.84. The molecule has 1 aliphatic heterocycles. The summed E-state index contributed by atoms with van der Waals surface area (Å²) in [5.41, 5.74) is 0.224. The fraction of sp³-hybridized carbons (Fsp3) is 0.733. The third kappa shape index (κ3) is 3.52. The number of nitrogens with one attached hydrogen (secondary N) is 1. The lowest BCUT2D eigenvalue weighted by Crippen LogP contribution is -2.46. The largest absolute Gasteiger partial charge is 0.375 e. The number of hydrogen-bond donors (Lipinski definition) is 1. The van der Waals surface area contributed by atoms with Crippen LogP contribution in [0.1, 0.15) is 43.4 Å². The molecular formula is C15H22ClNOS. The van der Waals surface area contributed by atoms with E-state index < -0.39 is 0 Å². The lowest BCUT2D eigenvalue weighted by molar-refractivity contribution is -0.0834. The molecule has 4 heteroatoms. The summed E-state index contributed by atoms with van der Waals surface area (Å²) >= 11 is 7.65. The summed E-state index contributed by atoms with van der Waals surface area (Å²) in [5, 5.41) is 3.71. The highest BCUT2D eigenvalue weighted by atomic mass is 35.5. The predicted octanol–water partition coefficient (Wildman–Crippen LogP) is 4.03. The molecule has 106 valence electrons. The lowest BCUT2D eigenvalue weighted by Gasteiger charge is -2.38. The summed E-state index contributed by atoms with van der Waals surface area (Å²) in [6.07, 6.45) is 8.69. The minimum atomic E-state index is 0.224. The molecule has 0 amide bonds. The van der Waals surface area contributed by atoms with Gasteiger partial charge in [-0.2, -0.15) is 0 Å². The van der Waals surface area contributed by atoms with Crippen LogP contribution in [0.2, 0.25) is 4.34 Å². The fourth-order valence-corrected chi connectivity index (χ4v) is 4.54. The van der Waals surface area contributed by atoms with Crippen molar-refractivity contribution in [1.82, 2.24) is 5.32 Å². The zero-order chi connectivity index (χ0) is 13.1.